The quantitative estimate of drug-likeness (QED) is 0.822. The molecule has 1 heterocycles. The van der Waals surface area contributed by atoms with Crippen LogP contribution in [0, 0.1) is 11.8 Å². The van der Waals surface area contributed by atoms with Gasteiger partial charge in [-0.05, 0) is 30.5 Å². The summed E-state index contributed by atoms with van der Waals surface area (Å²) >= 11 is 0. The van der Waals surface area contributed by atoms with E-state index in [2.05, 4.69) is 10.3 Å². The molecule has 5 heteroatoms. The Morgan fingerprint density at radius 2 is 2.11 bits per heavy atom. The molecule has 2 rings (SSSR count). The molecule has 2 N–H and O–H groups in total. The Hall–Kier alpha value is -2.17. The molecule has 1 unspecified atom stereocenters. The van der Waals surface area contributed by atoms with Crippen molar-refractivity contribution in [1.29, 1.82) is 0 Å². The smallest absolute Gasteiger partial charge is 0.185 e. The number of nitrogens with two attached hydrogens (primary N) is 1. The first-order valence-corrected chi connectivity index (χ1v) is 5.88. The number of benzene rings is 1. The van der Waals surface area contributed by atoms with Crippen LogP contribution in [0.2, 0.25) is 0 Å². The normalized spacial score (nSPS) is 12.3. The third-order valence-corrected chi connectivity index (χ3v) is 2.82. The number of rotatable bonds is 5. The number of aromatic nitrogens is 2. The van der Waals surface area contributed by atoms with Crippen molar-refractivity contribution in [3.05, 3.63) is 52.6 Å². The molecule has 94 valence electrons. The number of nitrogens with zero attached hydrogens (tertiary/aromatic N) is 3. The maximum absolute atomic E-state index is 10.9. The van der Waals surface area contributed by atoms with Gasteiger partial charge in [0.05, 0.1) is 5.69 Å². The van der Waals surface area contributed by atoms with Gasteiger partial charge >= 0.3 is 0 Å². The number of nitrogen functional groups attached to an aromatic ring is 1. The van der Waals surface area contributed by atoms with E-state index in [-0.39, 0.29) is 0 Å². The average molecular weight is 244 g/mol. The largest absolute Gasteiger partial charge is 0.384 e. The maximum atomic E-state index is 10.9. The lowest BCUT2D eigenvalue weighted by Crippen LogP contribution is -2.12. The van der Waals surface area contributed by atoms with Gasteiger partial charge in [0.2, 0.25) is 0 Å². The second kappa shape index (κ2) is 5.44. The van der Waals surface area contributed by atoms with Crippen LogP contribution in [0.3, 0.4) is 0 Å². The van der Waals surface area contributed by atoms with Gasteiger partial charge in [-0.15, -0.1) is 4.91 Å². The highest BCUT2D eigenvalue weighted by atomic mass is 16.3. The Morgan fingerprint density at radius 3 is 2.67 bits per heavy atom. The minimum atomic E-state index is -0.543. The van der Waals surface area contributed by atoms with Crippen LogP contribution in [0.4, 0.5) is 5.82 Å². The Labute approximate surface area is 106 Å². The molecule has 0 aliphatic rings. The lowest BCUT2D eigenvalue weighted by atomic mass is 10.1. The fraction of sp³-hybridized carbons (Fsp3) is 0.308. The van der Waals surface area contributed by atoms with Crippen LogP contribution in [-0.2, 0) is 6.42 Å². The Morgan fingerprint density at radius 1 is 1.39 bits per heavy atom. The fourth-order valence-corrected chi connectivity index (χ4v) is 1.94. The summed E-state index contributed by atoms with van der Waals surface area (Å²) in [5.74, 6) is 0.477. The molecule has 0 bridgehead atoms. The van der Waals surface area contributed by atoms with Gasteiger partial charge in [-0.25, -0.2) is 4.68 Å². The van der Waals surface area contributed by atoms with Crippen molar-refractivity contribution in [2.75, 3.05) is 5.73 Å². The van der Waals surface area contributed by atoms with E-state index in [4.69, 9.17) is 5.73 Å². The zero-order valence-corrected chi connectivity index (χ0v) is 10.3. The molecule has 18 heavy (non-hydrogen) atoms. The van der Waals surface area contributed by atoms with Crippen molar-refractivity contribution in [2.45, 2.75) is 25.9 Å². The third kappa shape index (κ3) is 2.74. The molecule has 0 fully saturated rings. The second-order valence-electron chi connectivity index (χ2n) is 4.27. The van der Waals surface area contributed by atoms with Crippen LogP contribution < -0.4 is 5.73 Å². The Bertz CT molecular complexity index is 521. The van der Waals surface area contributed by atoms with Gasteiger partial charge in [0, 0.05) is 6.07 Å². The minimum absolute atomic E-state index is 0.477. The summed E-state index contributed by atoms with van der Waals surface area (Å²) in [6.45, 7) is 1.84. The second-order valence-corrected chi connectivity index (χ2v) is 4.27. The van der Waals surface area contributed by atoms with Crippen molar-refractivity contribution in [1.82, 2.24) is 9.78 Å². The highest BCUT2D eigenvalue weighted by Crippen LogP contribution is 2.20. The molecule has 0 aliphatic heterocycles. The van der Waals surface area contributed by atoms with E-state index in [1.165, 1.54) is 10.2 Å². The molecular weight excluding hydrogens is 228 g/mol. The fourth-order valence-electron chi connectivity index (χ4n) is 1.94. The number of anilines is 1. The number of hydrogen-bond donors (Lipinski definition) is 1. The zero-order chi connectivity index (χ0) is 13.0. The van der Waals surface area contributed by atoms with Crippen LogP contribution in [0.5, 0.6) is 0 Å². The van der Waals surface area contributed by atoms with Crippen LogP contribution in [0.1, 0.15) is 23.8 Å². The molecule has 1 aromatic heterocycles. The first-order valence-electron chi connectivity index (χ1n) is 5.88. The van der Waals surface area contributed by atoms with Crippen LogP contribution in [0.15, 0.2) is 41.6 Å². The van der Waals surface area contributed by atoms with E-state index < -0.39 is 6.17 Å². The summed E-state index contributed by atoms with van der Waals surface area (Å²) in [4.78, 5) is 10.9. The summed E-state index contributed by atoms with van der Waals surface area (Å²) in [7, 11) is 0. The van der Waals surface area contributed by atoms with Gasteiger partial charge in [0.15, 0.2) is 6.17 Å². The predicted molar refractivity (Wildman–Crippen MR) is 71.0 cm³/mol. The molecule has 5 nitrogen and oxygen atoms in total. The van der Waals surface area contributed by atoms with Crippen molar-refractivity contribution in [2.24, 2.45) is 5.18 Å². The minimum Gasteiger partial charge on any atom is -0.384 e. The standard InChI is InChI=1S/C13H16N4O/c1-10-9-12(14)17(15-10)13(16-18)8-7-11-5-3-2-4-6-11/h2-6,9,13H,7-8,14H2,1H3. The summed E-state index contributed by atoms with van der Waals surface area (Å²) < 4.78 is 1.49. The molecule has 1 atom stereocenters. The summed E-state index contributed by atoms with van der Waals surface area (Å²) in [5, 5.41) is 7.31. The van der Waals surface area contributed by atoms with E-state index in [9.17, 15) is 4.91 Å². The van der Waals surface area contributed by atoms with E-state index in [0.717, 1.165) is 12.1 Å². The lowest BCUT2D eigenvalue weighted by molar-refractivity contribution is 0.443. The molecule has 0 radical (unpaired) electrons. The predicted octanol–water partition coefficient (Wildman–Crippen LogP) is 2.67. The molecule has 1 aromatic carbocycles. The van der Waals surface area contributed by atoms with Crippen molar-refractivity contribution < 1.29 is 0 Å². The van der Waals surface area contributed by atoms with Crippen molar-refractivity contribution in [3.8, 4) is 0 Å². The molecule has 2 aromatic rings. The monoisotopic (exact) mass is 244 g/mol. The van der Waals surface area contributed by atoms with E-state index in [1.54, 1.807) is 6.07 Å². The number of nitroso groups, excluding NO2 is 1. The summed E-state index contributed by atoms with van der Waals surface area (Å²) in [6.07, 6.45) is 0.827. The zero-order valence-electron chi connectivity index (χ0n) is 10.3. The van der Waals surface area contributed by atoms with Gasteiger partial charge in [-0.2, -0.15) is 5.10 Å². The van der Waals surface area contributed by atoms with Crippen LogP contribution in [-0.4, -0.2) is 9.78 Å². The molecule has 0 aliphatic carbocycles. The Kier molecular flexibility index (Phi) is 3.72. The summed E-state index contributed by atoms with van der Waals surface area (Å²) in [6, 6.07) is 11.7. The van der Waals surface area contributed by atoms with Crippen molar-refractivity contribution in [3.63, 3.8) is 0 Å². The molecule has 0 saturated heterocycles. The van der Waals surface area contributed by atoms with Crippen LogP contribution >= 0.6 is 0 Å². The van der Waals surface area contributed by atoms with Crippen molar-refractivity contribution >= 4 is 5.82 Å². The van der Waals surface area contributed by atoms with Crippen LogP contribution in [0.25, 0.3) is 0 Å². The van der Waals surface area contributed by atoms with Gasteiger partial charge in [0.25, 0.3) is 0 Å². The average Bonchev–Trinajstić information content (AvgIpc) is 2.71. The summed E-state index contributed by atoms with van der Waals surface area (Å²) in [5.41, 5.74) is 7.76. The van der Waals surface area contributed by atoms with E-state index in [1.807, 2.05) is 37.3 Å². The number of hydrogen-bond acceptors (Lipinski definition) is 4. The molecular formula is C13H16N4O. The molecule has 0 amide bonds. The third-order valence-electron chi connectivity index (χ3n) is 2.82. The number of aryl methyl sites for hydroxylation is 2. The molecule has 0 spiro atoms. The molecule has 0 saturated carbocycles. The van der Waals surface area contributed by atoms with Gasteiger partial charge in [-0.3, -0.25) is 0 Å². The van der Waals surface area contributed by atoms with E-state index in [0.29, 0.717) is 12.2 Å². The highest BCUT2D eigenvalue weighted by Gasteiger charge is 2.15. The first-order chi connectivity index (χ1) is 8.70. The lowest BCUT2D eigenvalue weighted by Gasteiger charge is -2.11. The first kappa shape index (κ1) is 12.3. The van der Waals surface area contributed by atoms with Gasteiger partial charge in [-0.1, -0.05) is 30.3 Å². The highest BCUT2D eigenvalue weighted by molar-refractivity contribution is 5.30. The topological polar surface area (TPSA) is 73.3 Å². The maximum Gasteiger partial charge on any atom is 0.185 e. The van der Waals surface area contributed by atoms with Gasteiger partial charge < -0.3 is 5.73 Å². The Balaban J connectivity index is 2.06. The van der Waals surface area contributed by atoms with E-state index >= 15 is 0 Å². The van der Waals surface area contributed by atoms with Gasteiger partial charge in [0.1, 0.15) is 5.82 Å². The SMILES string of the molecule is Cc1cc(N)n(C(CCc2ccccc2)N=O)n1.